The third kappa shape index (κ3) is 3.11. The van der Waals surface area contributed by atoms with Gasteiger partial charge in [-0.25, -0.2) is 4.79 Å². The molecule has 4 aromatic rings. The SMILES string of the molecule is COc1ccc2cn(CC3(c4ccc(-c5cccnc5)nc4)NC(=O)NC3=O)c(O)c2c1. The summed E-state index contributed by atoms with van der Waals surface area (Å²) in [4.78, 5) is 33.6. The number of imide groups is 1. The minimum atomic E-state index is -1.44. The van der Waals surface area contributed by atoms with Gasteiger partial charge in [-0.15, -0.1) is 0 Å². The van der Waals surface area contributed by atoms with Crippen molar-refractivity contribution in [3.05, 3.63) is 72.8 Å². The fourth-order valence-corrected chi connectivity index (χ4v) is 3.96. The molecule has 0 aliphatic carbocycles. The van der Waals surface area contributed by atoms with E-state index in [2.05, 4.69) is 20.6 Å². The van der Waals surface area contributed by atoms with E-state index in [0.29, 0.717) is 22.4 Å². The largest absolute Gasteiger partial charge is 0.497 e. The number of ether oxygens (including phenoxy) is 1. The highest BCUT2D eigenvalue weighted by molar-refractivity contribution is 6.07. The van der Waals surface area contributed by atoms with Gasteiger partial charge in [-0.1, -0.05) is 6.07 Å². The molecular formula is C23H19N5O4. The van der Waals surface area contributed by atoms with Crippen LogP contribution in [0.25, 0.3) is 22.0 Å². The van der Waals surface area contributed by atoms with Gasteiger partial charge in [0.25, 0.3) is 5.91 Å². The summed E-state index contributed by atoms with van der Waals surface area (Å²) in [5, 5.41) is 17.2. The molecular weight excluding hydrogens is 410 g/mol. The van der Waals surface area contributed by atoms with E-state index in [1.807, 2.05) is 18.2 Å². The smallest absolute Gasteiger partial charge is 0.322 e. The van der Waals surface area contributed by atoms with E-state index in [0.717, 1.165) is 10.9 Å². The number of hydrogen-bond donors (Lipinski definition) is 3. The van der Waals surface area contributed by atoms with Gasteiger partial charge < -0.3 is 19.7 Å². The maximum Gasteiger partial charge on any atom is 0.322 e. The number of amides is 3. The Morgan fingerprint density at radius 1 is 1.16 bits per heavy atom. The van der Waals surface area contributed by atoms with Gasteiger partial charge in [-0.05, 0) is 36.4 Å². The number of urea groups is 1. The third-order valence-corrected chi connectivity index (χ3v) is 5.63. The summed E-state index contributed by atoms with van der Waals surface area (Å²) in [6.07, 6.45) is 6.64. The van der Waals surface area contributed by atoms with Crippen LogP contribution in [0.15, 0.2) is 67.3 Å². The van der Waals surface area contributed by atoms with Gasteiger partial charge in [0.1, 0.15) is 5.75 Å². The first kappa shape index (κ1) is 19.6. The summed E-state index contributed by atoms with van der Waals surface area (Å²) in [5.41, 5.74) is 0.566. The normalized spacial score (nSPS) is 17.9. The molecule has 9 nitrogen and oxygen atoms in total. The molecule has 9 heteroatoms. The zero-order valence-electron chi connectivity index (χ0n) is 17.1. The van der Waals surface area contributed by atoms with Crippen LogP contribution in [0.4, 0.5) is 4.79 Å². The number of carbonyl (C=O) groups is 2. The number of rotatable bonds is 5. The van der Waals surface area contributed by atoms with Crippen molar-refractivity contribution in [2.45, 2.75) is 12.1 Å². The molecule has 3 N–H and O–H groups in total. The summed E-state index contributed by atoms with van der Waals surface area (Å²) in [5.74, 6) is 0.0442. The van der Waals surface area contributed by atoms with Crippen LogP contribution in [0.5, 0.6) is 11.6 Å². The molecule has 0 saturated carbocycles. The van der Waals surface area contributed by atoms with Crippen LogP contribution >= 0.6 is 0 Å². The van der Waals surface area contributed by atoms with Crippen LogP contribution in [-0.2, 0) is 16.9 Å². The van der Waals surface area contributed by atoms with Crippen molar-refractivity contribution in [2.24, 2.45) is 0 Å². The number of benzene rings is 1. The van der Waals surface area contributed by atoms with E-state index in [4.69, 9.17) is 4.74 Å². The second-order valence-corrected chi connectivity index (χ2v) is 7.52. The van der Waals surface area contributed by atoms with Crippen LogP contribution in [0.2, 0.25) is 0 Å². The van der Waals surface area contributed by atoms with Crippen LogP contribution in [-0.4, -0.2) is 38.7 Å². The Bertz CT molecular complexity index is 1330. The van der Waals surface area contributed by atoms with Gasteiger partial charge in [0.05, 0.1) is 19.3 Å². The molecule has 3 aromatic heterocycles. The molecule has 1 aliphatic heterocycles. The first-order valence-electron chi connectivity index (χ1n) is 9.86. The Kier molecular flexibility index (Phi) is 4.51. The van der Waals surface area contributed by atoms with E-state index in [-0.39, 0.29) is 12.4 Å². The minimum Gasteiger partial charge on any atom is -0.497 e. The molecule has 1 aromatic carbocycles. The molecule has 1 saturated heterocycles. The van der Waals surface area contributed by atoms with Crippen LogP contribution in [0.1, 0.15) is 5.56 Å². The average Bonchev–Trinajstić information content (AvgIpc) is 3.29. The number of carbonyl (C=O) groups excluding carboxylic acids is 2. The number of aromatic hydroxyl groups is 1. The lowest BCUT2D eigenvalue weighted by molar-refractivity contribution is -0.124. The summed E-state index contributed by atoms with van der Waals surface area (Å²) in [6, 6.07) is 11.9. The number of pyridine rings is 2. The van der Waals surface area contributed by atoms with E-state index in [9.17, 15) is 14.7 Å². The Morgan fingerprint density at radius 3 is 2.69 bits per heavy atom. The predicted molar refractivity (Wildman–Crippen MR) is 116 cm³/mol. The number of nitrogens with zero attached hydrogens (tertiary/aromatic N) is 3. The lowest BCUT2D eigenvalue weighted by atomic mass is 9.90. The zero-order valence-corrected chi connectivity index (χ0v) is 17.1. The summed E-state index contributed by atoms with van der Waals surface area (Å²) in [6.45, 7) is -0.0265. The van der Waals surface area contributed by atoms with Crippen LogP contribution in [0.3, 0.4) is 0 Å². The molecule has 0 spiro atoms. The van der Waals surface area contributed by atoms with Gasteiger partial charge in [0.2, 0.25) is 0 Å². The third-order valence-electron chi connectivity index (χ3n) is 5.63. The quantitative estimate of drug-likeness (QED) is 0.420. The van der Waals surface area contributed by atoms with E-state index in [1.54, 1.807) is 56.2 Å². The Labute approximate surface area is 182 Å². The van der Waals surface area contributed by atoms with E-state index < -0.39 is 17.5 Å². The Hall–Kier alpha value is -4.40. The molecule has 1 fully saturated rings. The highest BCUT2D eigenvalue weighted by Gasteiger charge is 2.48. The maximum atomic E-state index is 12.9. The number of fused-ring (bicyclic) bond motifs is 1. The zero-order chi connectivity index (χ0) is 22.3. The van der Waals surface area contributed by atoms with Gasteiger partial charge >= 0.3 is 6.03 Å². The molecule has 1 atom stereocenters. The lowest BCUT2D eigenvalue weighted by Crippen LogP contribution is -2.47. The molecule has 32 heavy (non-hydrogen) atoms. The molecule has 3 amide bonds. The molecule has 160 valence electrons. The number of methoxy groups -OCH3 is 1. The van der Waals surface area contributed by atoms with Gasteiger partial charge in [-0.2, -0.15) is 0 Å². The molecule has 0 bridgehead atoms. The second kappa shape index (κ2) is 7.38. The average molecular weight is 429 g/mol. The van der Waals surface area contributed by atoms with Gasteiger partial charge in [-0.3, -0.25) is 20.1 Å². The summed E-state index contributed by atoms with van der Waals surface area (Å²) >= 11 is 0. The van der Waals surface area contributed by atoms with Gasteiger partial charge in [0.15, 0.2) is 11.4 Å². The number of aromatic nitrogens is 3. The predicted octanol–water partition coefficient (Wildman–Crippen LogP) is 2.55. The minimum absolute atomic E-state index is 0.0265. The van der Waals surface area contributed by atoms with Crippen molar-refractivity contribution in [3.63, 3.8) is 0 Å². The first-order valence-corrected chi connectivity index (χ1v) is 9.86. The van der Waals surface area contributed by atoms with Crippen molar-refractivity contribution in [1.29, 1.82) is 0 Å². The maximum absolute atomic E-state index is 12.9. The molecule has 0 radical (unpaired) electrons. The monoisotopic (exact) mass is 429 g/mol. The van der Waals surface area contributed by atoms with Crippen molar-refractivity contribution in [1.82, 2.24) is 25.2 Å². The Balaban J connectivity index is 1.56. The summed E-state index contributed by atoms with van der Waals surface area (Å²) in [7, 11) is 1.55. The highest BCUT2D eigenvalue weighted by Crippen LogP contribution is 2.35. The first-order chi connectivity index (χ1) is 15.5. The fourth-order valence-electron chi connectivity index (χ4n) is 3.96. The van der Waals surface area contributed by atoms with Crippen molar-refractivity contribution in [2.75, 3.05) is 7.11 Å². The van der Waals surface area contributed by atoms with Crippen LogP contribution in [0, 0.1) is 0 Å². The highest BCUT2D eigenvalue weighted by atomic mass is 16.5. The van der Waals surface area contributed by atoms with E-state index in [1.165, 1.54) is 4.57 Å². The fraction of sp³-hybridized carbons (Fsp3) is 0.130. The molecule has 5 rings (SSSR count). The molecule has 1 aliphatic rings. The Morgan fingerprint density at radius 2 is 2.03 bits per heavy atom. The van der Waals surface area contributed by atoms with Gasteiger partial charge in [0, 0.05) is 46.7 Å². The van der Waals surface area contributed by atoms with Crippen molar-refractivity contribution >= 4 is 22.7 Å². The standard InChI is InChI=1S/C23H19N5O4/c1-32-17-6-4-15-12-28(20(29)18(15)9-17)13-23(21(30)26-22(31)27-23)16-5-7-19(25-11-16)14-3-2-8-24-10-14/h2-12,29H,13H2,1H3,(H2,26,27,30,31). The topological polar surface area (TPSA) is 118 Å². The van der Waals surface area contributed by atoms with E-state index >= 15 is 0 Å². The number of hydrogen-bond acceptors (Lipinski definition) is 6. The van der Waals surface area contributed by atoms with Crippen LogP contribution < -0.4 is 15.4 Å². The molecule has 1 unspecified atom stereocenters. The second-order valence-electron chi connectivity index (χ2n) is 7.52. The van der Waals surface area contributed by atoms with Crippen molar-refractivity contribution in [3.8, 4) is 22.9 Å². The molecule has 4 heterocycles. The number of nitrogens with one attached hydrogen (secondary N) is 2. The van der Waals surface area contributed by atoms with Crippen molar-refractivity contribution < 1.29 is 19.4 Å². The lowest BCUT2D eigenvalue weighted by Gasteiger charge is -2.27. The summed E-state index contributed by atoms with van der Waals surface area (Å²) < 4.78 is 6.77.